The number of carbonyl (C=O) groups is 1. The van der Waals surface area contributed by atoms with Crippen LogP contribution in [0, 0.1) is 5.82 Å². The second-order valence-corrected chi connectivity index (χ2v) is 6.97. The summed E-state index contributed by atoms with van der Waals surface area (Å²) in [7, 11) is 3.79. The van der Waals surface area contributed by atoms with Gasteiger partial charge in [-0.15, -0.1) is 24.0 Å². The molecule has 0 unspecified atom stereocenters. The molecule has 1 aromatic rings. The van der Waals surface area contributed by atoms with Crippen LogP contribution in [0.2, 0.25) is 0 Å². The molecule has 29 heavy (non-hydrogen) atoms. The maximum absolute atomic E-state index is 13.0. The molecule has 1 aromatic carbocycles. The molecule has 164 valence electrons. The summed E-state index contributed by atoms with van der Waals surface area (Å²) in [5.41, 5.74) is 1.08. The fourth-order valence-electron chi connectivity index (χ4n) is 3.15. The number of hydrogen-bond donors (Lipinski definition) is 2. The van der Waals surface area contributed by atoms with Gasteiger partial charge in [-0.25, -0.2) is 9.18 Å². The summed E-state index contributed by atoms with van der Waals surface area (Å²) < 4.78 is 18.0. The number of amides is 1. The third kappa shape index (κ3) is 9.16. The van der Waals surface area contributed by atoms with Crippen LogP contribution in [0.15, 0.2) is 29.3 Å². The number of rotatable bonds is 7. The summed E-state index contributed by atoms with van der Waals surface area (Å²) in [6, 6.07) is 6.87. The first-order valence-corrected chi connectivity index (χ1v) is 9.83. The van der Waals surface area contributed by atoms with Crippen molar-refractivity contribution >= 4 is 36.0 Å². The number of hydrogen-bond acceptors (Lipinski definition) is 4. The van der Waals surface area contributed by atoms with Crippen LogP contribution in [0.1, 0.15) is 25.3 Å². The van der Waals surface area contributed by atoms with E-state index in [0.717, 1.165) is 44.0 Å². The summed E-state index contributed by atoms with van der Waals surface area (Å²) in [5.74, 6) is 0.556. The second-order valence-electron chi connectivity index (χ2n) is 6.97. The van der Waals surface area contributed by atoms with Gasteiger partial charge >= 0.3 is 6.09 Å². The summed E-state index contributed by atoms with van der Waals surface area (Å²) in [6.07, 6.45) is 1.50. The smallest absolute Gasteiger partial charge is 0.409 e. The van der Waals surface area contributed by atoms with Gasteiger partial charge in [0.15, 0.2) is 5.96 Å². The minimum atomic E-state index is -0.229. The Labute approximate surface area is 190 Å². The molecule has 2 rings (SSSR count). The van der Waals surface area contributed by atoms with Crippen LogP contribution in [-0.2, 0) is 11.3 Å². The van der Waals surface area contributed by atoms with E-state index in [-0.39, 0.29) is 41.9 Å². The maximum Gasteiger partial charge on any atom is 0.409 e. The van der Waals surface area contributed by atoms with E-state index < -0.39 is 0 Å². The van der Waals surface area contributed by atoms with E-state index in [1.165, 1.54) is 12.1 Å². The van der Waals surface area contributed by atoms with Crippen molar-refractivity contribution in [3.8, 4) is 0 Å². The molecule has 0 saturated carbocycles. The van der Waals surface area contributed by atoms with Crippen LogP contribution in [-0.4, -0.2) is 74.8 Å². The fraction of sp³-hybridized carbons (Fsp3) is 0.600. The normalized spacial score (nSPS) is 15.1. The largest absolute Gasteiger partial charge is 0.450 e. The molecule has 0 bridgehead atoms. The van der Waals surface area contributed by atoms with E-state index in [1.807, 2.05) is 26.1 Å². The average Bonchev–Trinajstić information content (AvgIpc) is 2.69. The Bertz CT molecular complexity index is 636. The number of likely N-dealkylation sites (N-methyl/N-ethyl adjacent to an activating group) is 1. The van der Waals surface area contributed by atoms with Crippen molar-refractivity contribution in [2.75, 3.05) is 46.9 Å². The first-order chi connectivity index (χ1) is 13.5. The molecular weight excluding hydrogens is 488 g/mol. The van der Waals surface area contributed by atoms with Gasteiger partial charge in [0, 0.05) is 45.8 Å². The molecule has 1 fully saturated rings. The molecule has 1 heterocycles. The van der Waals surface area contributed by atoms with Crippen molar-refractivity contribution in [3.63, 3.8) is 0 Å². The van der Waals surface area contributed by atoms with Gasteiger partial charge in [-0.1, -0.05) is 12.1 Å². The summed E-state index contributed by atoms with van der Waals surface area (Å²) >= 11 is 0. The molecule has 1 aliphatic heterocycles. The Morgan fingerprint density at radius 3 is 2.55 bits per heavy atom. The summed E-state index contributed by atoms with van der Waals surface area (Å²) in [4.78, 5) is 20.0. The summed E-state index contributed by atoms with van der Waals surface area (Å²) in [6.45, 7) is 5.95. The topological polar surface area (TPSA) is 69.2 Å². The highest BCUT2D eigenvalue weighted by atomic mass is 127. The second kappa shape index (κ2) is 13.6. The Balaban J connectivity index is 0.00000420. The van der Waals surface area contributed by atoms with Crippen LogP contribution in [0.3, 0.4) is 0 Å². The lowest BCUT2D eigenvalue weighted by Gasteiger charge is -2.32. The highest BCUT2D eigenvalue weighted by Crippen LogP contribution is 2.11. The van der Waals surface area contributed by atoms with Crippen LogP contribution in [0.25, 0.3) is 0 Å². The zero-order valence-electron chi connectivity index (χ0n) is 17.5. The number of benzene rings is 1. The van der Waals surface area contributed by atoms with Crippen molar-refractivity contribution in [2.45, 2.75) is 32.4 Å². The fourth-order valence-corrected chi connectivity index (χ4v) is 3.15. The van der Waals surface area contributed by atoms with Crippen molar-refractivity contribution in [1.82, 2.24) is 20.4 Å². The van der Waals surface area contributed by atoms with Crippen LogP contribution >= 0.6 is 24.0 Å². The molecule has 1 aliphatic rings. The van der Waals surface area contributed by atoms with Gasteiger partial charge in [0.25, 0.3) is 0 Å². The third-order valence-electron chi connectivity index (χ3n) is 4.74. The predicted molar refractivity (Wildman–Crippen MR) is 124 cm³/mol. The van der Waals surface area contributed by atoms with Crippen molar-refractivity contribution in [3.05, 3.63) is 35.6 Å². The van der Waals surface area contributed by atoms with Crippen LogP contribution in [0.4, 0.5) is 9.18 Å². The van der Waals surface area contributed by atoms with Gasteiger partial charge in [-0.05, 0) is 44.5 Å². The minimum absolute atomic E-state index is 0. The Morgan fingerprint density at radius 2 is 1.97 bits per heavy atom. The van der Waals surface area contributed by atoms with E-state index in [1.54, 1.807) is 11.9 Å². The van der Waals surface area contributed by atoms with Crippen molar-refractivity contribution < 1.29 is 13.9 Å². The molecule has 2 N–H and O–H groups in total. The van der Waals surface area contributed by atoms with Gasteiger partial charge in [0.2, 0.25) is 0 Å². The molecule has 0 radical (unpaired) electrons. The summed E-state index contributed by atoms with van der Waals surface area (Å²) in [5, 5.41) is 6.76. The van der Waals surface area contributed by atoms with Gasteiger partial charge in [-0.3, -0.25) is 4.99 Å². The highest BCUT2D eigenvalue weighted by molar-refractivity contribution is 14.0. The molecular formula is C20H33FIN5O2. The Kier molecular flexibility index (Phi) is 11.9. The number of halogens is 2. The molecule has 0 aliphatic carbocycles. The SMILES string of the molecule is CCOC(=O)N1CCC(NC(=NC)NCCN(C)Cc2ccc(F)cc2)CC1.I. The number of piperidine rings is 1. The molecule has 0 aromatic heterocycles. The van der Waals surface area contributed by atoms with E-state index in [4.69, 9.17) is 4.74 Å². The molecule has 1 amide bonds. The van der Waals surface area contributed by atoms with Gasteiger partial charge in [-0.2, -0.15) is 0 Å². The number of nitrogens with one attached hydrogen (secondary N) is 2. The zero-order chi connectivity index (χ0) is 20.4. The van der Waals surface area contributed by atoms with Gasteiger partial charge < -0.3 is 25.2 Å². The minimum Gasteiger partial charge on any atom is -0.450 e. The number of nitrogens with zero attached hydrogens (tertiary/aromatic N) is 3. The first kappa shape index (κ1) is 25.4. The van der Waals surface area contributed by atoms with Crippen LogP contribution < -0.4 is 10.6 Å². The van der Waals surface area contributed by atoms with E-state index in [0.29, 0.717) is 19.7 Å². The number of aliphatic imine (C=N–C) groups is 1. The molecule has 7 nitrogen and oxygen atoms in total. The molecule has 0 atom stereocenters. The van der Waals surface area contributed by atoms with Gasteiger partial charge in [0.05, 0.1) is 6.61 Å². The van der Waals surface area contributed by atoms with E-state index in [9.17, 15) is 9.18 Å². The molecule has 1 saturated heterocycles. The maximum atomic E-state index is 13.0. The van der Waals surface area contributed by atoms with E-state index >= 15 is 0 Å². The van der Waals surface area contributed by atoms with E-state index in [2.05, 4.69) is 20.5 Å². The van der Waals surface area contributed by atoms with Crippen LogP contribution in [0.5, 0.6) is 0 Å². The number of carbonyl (C=O) groups excluding carboxylic acids is 1. The monoisotopic (exact) mass is 521 g/mol. The Morgan fingerprint density at radius 1 is 1.31 bits per heavy atom. The quantitative estimate of drug-likeness (QED) is 0.328. The number of guanidine groups is 1. The number of ether oxygens (including phenoxy) is 1. The predicted octanol–water partition coefficient (Wildman–Crippen LogP) is 2.66. The molecule has 0 spiro atoms. The standard InChI is InChI=1S/C20H32FN5O2.HI/c1-4-28-20(27)26-12-9-18(10-13-26)24-19(22-2)23-11-14-25(3)15-16-5-7-17(21)8-6-16;/h5-8,18H,4,9-15H2,1-3H3,(H2,22,23,24);1H. The average molecular weight is 521 g/mol. The molecule has 9 heteroatoms. The zero-order valence-corrected chi connectivity index (χ0v) is 19.8. The lowest BCUT2D eigenvalue weighted by molar-refractivity contribution is 0.0963. The number of likely N-dealkylation sites (tertiary alicyclic amines) is 1. The van der Waals surface area contributed by atoms with Crippen molar-refractivity contribution in [2.24, 2.45) is 4.99 Å². The van der Waals surface area contributed by atoms with Gasteiger partial charge in [0.1, 0.15) is 5.82 Å². The highest BCUT2D eigenvalue weighted by Gasteiger charge is 2.23. The third-order valence-corrected chi connectivity index (χ3v) is 4.74. The first-order valence-electron chi connectivity index (χ1n) is 9.83. The lowest BCUT2D eigenvalue weighted by atomic mass is 10.1. The Hall–Kier alpha value is -1.62. The van der Waals surface area contributed by atoms with Crippen molar-refractivity contribution in [1.29, 1.82) is 0 Å². The lowest BCUT2D eigenvalue weighted by Crippen LogP contribution is -2.50.